The number of carbonyl (C=O) groups excluding carboxylic acids is 2. The number of pyridine rings is 2. The average molecular weight is 403 g/mol. The summed E-state index contributed by atoms with van der Waals surface area (Å²) in [4.78, 5) is 29.5. The van der Waals surface area contributed by atoms with Gasteiger partial charge in [-0.1, -0.05) is 11.6 Å². The molecule has 140 valence electrons. The Hall–Kier alpha value is -2.56. The number of esters is 2. The molecule has 9 nitrogen and oxygen atoms in total. The van der Waals surface area contributed by atoms with E-state index in [1.54, 1.807) is 24.4 Å². The first kappa shape index (κ1) is 21.5. The van der Waals surface area contributed by atoms with Gasteiger partial charge < -0.3 is 9.47 Å². The predicted octanol–water partition coefficient (Wildman–Crippen LogP) is 1.61. The average Bonchev–Trinajstić information content (AvgIpc) is 2.63. The lowest BCUT2D eigenvalue weighted by molar-refractivity contribution is 0.0178. The van der Waals surface area contributed by atoms with Crippen molar-refractivity contribution in [2.24, 2.45) is 0 Å². The van der Waals surface area contributed by atoms with Gasteiger partial charge in [-0.25, -0.2) is 13.8 Å². The van der Waals surface area contributed by atoms with Crippen LogP contribution in [0.5, 0.6) is 0 Å². The molecule has 0 aromatic carbocycles. The smallest absolute Gasteiger partial charge is 0.341 e. The molecule has 0 unspecified atom stereocenters. The minimum atomic E-state index is -3.59. The van der Waals surface area contributed by atoms with Gasteiger partial charge in [-0.2, -0.15) is 8.42 Å². The Balaban J connectivity index is 0.000000273. The minimum absolute atomic E-state index is 0.131. The van der Waals surface area contributed by atoms with E-state index in [4.69, 9.17) is 11.6 Å². The second-order valence-corrected chi connectivity index (χ2v) is 6.26. The Bertz CT molecular complexity index is 801. The Morgan fingerprint density at radius 1 is 1.00 bits per heavy atom. The summed E-state index contributed by atoms with van der Waals surface area (Å²) in [5.74, 6) is -1.14. The number of carbonyl (C=O) groups is 2. The van der Waals surface area contributed by atoms with Crippen LogP contribution in [0.4, 0.5) is 0 Å². The molecule has 2 rings (SSSR count). The van der Waals surface area contributed by atoms with Gasteiger partial charge in [-0.15, -0.1) is 0 Å². The quantitative estimate of drug-likeness (QED) is 0.307. The van der Waals surface area contributed by atoms with Gasteiger partial charge in [0.25, 0.3) is 10.1 Å². The summed E-state index contributed by atoms with van der Waals surface area (Å²) in [6.45, 7) is -0.632. The summed E-state index contributed by atoms with van der Waals surface area (Å²) < 4.78 is 34.3. The van der Waals surface area contributed by atoms with E-state index in [1.807, 2.05) is 0 Å². The number of rotatable bonds is 6. The molecule has 0 aliphatic rings. The molecule has 11 heteroatoms. The van der Waals surface area contributed by atoms with Crippen LogP contribution in [-0.2, 0) is 23.8 Å². The zero-order valence-corrected chi connectivity index (χ0v) is 15.1. The van der Waals surface area contributed by atoms with Crippen molar-refractivity contribution in [2.45, 2.75) is 0 Å². The van der Waals surface area contributed by atoms with Crippen LogP contribution in [-0.4, -0.2) is 49.4 Å². The monoisotopic (exact) mass is 402 g/mol. The van der Waals surface area contributed by atoms with Gasteiger partial charge in [-0.05, 0) is 24.3 Å². The van der Waals surface area contributed by atoms with Crippen LogP contribution < -0.4 is 0 Å². The first-order valence-corrected chi connectivity index (χ1v) is 9.23. The van der Waals surface area contributed by atoms with Crippen molar-refractivity contribution in [3.63, 3.8) is 0 Å². The first-order chi connectivity index (χ1) is 12.3. The van der Waals surface area contributed by atoms with Crippen molar-refractivity contribution in [3.8, 4) is 0 Å². The van der Waals surface area contributed by atoms with Crippen molar-refractivity contribution in [1.29, 1.82) is 0 Å². The number of hydrogen-bond donors (Lipinski definition) is 0. The van der Waals surface area contributed by atoms with Gasteiger partial charge in [-0.3, -0.25) is 9.97 Å². The van der Waals surface area contributed by atoms with Crippen LogP contribution in [0.15, 0.2) is 49.1 Å². The lowest BCUT2D eigenvalue weighted by Gasteiger charge is -2.03. The van der Waals surface area contributed by atoms with Gasteiger partial charge in [0, 0.05) is 24.8 Å². The van der Waals surface area contributed by atoms with E-state index in [0.29, 0.717) is 5.56 Å². The van der Waals surface area contributed by atoms with Crippen molar-refractivity contribution in [2.75, 3.05) is 19.1 Å². The van der Waals surface area contributed by atoms with Crippen molar-refractivity contribution < 1.29 is 31.7 Å². The van der Waals surface area contributed by atoms with Crippen LogP contribution >= 0.6 is 11.6 Å². The van der Waals surface area contributed by atoms with E-state index in [0.717, 1.165) is 6.26 Å². The first-order valence-electron chi connectivity index (χ1n) is 6.88. The third kappa shape index (κ3) is 9.06. The molecule has 0 bridgehead atoms. The van der Waals surface area contributed by atoms with Gasteiger partial charge in [0.2, 0.25) is 6.79 Å². The Kier molecular flexibility index (Phi) is 9.20. The van der Waals surface area contributed by atoms with Crippen molar-refractivity contribution in [1.82, 2.24) is 9.97 Å². The fourth-order valence-electron chi connectivity index (χ4n) is 1.35. The van der Waals surface area contributed by atoms with Crippen LogP contribution in [0.1, 0.15) is 20.7 Å². The molecule has 0 spiro atoms. The maximum absolute atomic E-state index is 11.2. The number of hydrogen-bond acceptors (Lipinski definition) is 9. The summed E-state index contributed by atoms with van der Waals surface area (Å²) in [6, 6.07) is 6.20. The number of ether oxygens (including phenoxy) is 2. The van der Waals surface area contributed by atoms with Gasteiger partial charge in [0.05, 0.1) is 17.4 Å². The van der Waals surface area contributed by atoms with Gasteiger partial charge in [0.15, 0.2) is 6.07 Å². The molecular weight excluding hydrogens is 388 g/mol. The number of aromatic nitrogens is 2. The van der Waals surface area contributed by atoms with Crippen LogP contribution in [0.25, 0.3) is 0 Å². The molecule has 0 radical (unpaired) electrons. The van der Waals surface area contributed by atoms with E-state index in [-0.39, 0.29) is 11.6 Å². The molecule has 2 aromatic heterocycles. The standard InChI is InChI=1S/C8H9NO5S.C7H6ClNO2/c1-15(11,12)14-6-13-8(10)7-3-2-4-9-5-7;8-5-11-7(10)6-2-1-3-9-4-6/h2-5H,6H2,1H3;1-4H,5H2. The summed E-state index contributed by atoms with van der Waals surface area (Å²) in [6.07, 6.45) is 6.68. The van der Waals surface area contributed by atoms with Crippen molar-refractivity contribution >= 4 is 33.7 Å². The maximum atomic E-state index is 11.2. The largest absolute Gasteiger partial charge is 0.446 e. The van der Waals surface area contributed by atoms with Gasteiger partial charge in [0.1, 0.15) is 0 Å². The van der Waals surface area contributed by atoms with Crippen LogP contribution in [0, 0.1) is 0 Å². The molecule has 0 saturated heterocycles. The van der Waals surface area contributed by atoms with E-state index in [2.05, 4.69) is 23.6 Å². The highest BCUT2D eigenvalue weighted by atomic mass is 35.5. The highest BCUT2D eigenvalue weighted by molar-refractivity contribution is 7.85. The molecule has 0 atom stereocenters. The summed E-state index contributed by atoms with van der Waals surface area (Å²) in [7, 11) is -3.59. The molecule has 0 amide bonds. The van der Waals surface area contributed by atoms with Crippen LogP contribution in [0.2, 0.25) is 0 Å². The molecule has 26 heavy (non-hydrogen) atoms. The highest BCUT2D eigenvalue weighted by Gasteiger charge is 2.08. The molecule has 2 aromatic rings. The second kappa shape index (κ2) is 11.1. The number of nitrogens with zero attached hydrogens (tertiary/aromatic N) is 2. The molecule has 0 fully saturated rings. The zero-order chi connectivity index (χ0) is 19.4. The number of alkyl halides is 1. The summed E-state index contributed by atoms with van der Waals surface area (Å²) in [5.41, 5.74) is 0.641. The number of halogens is 1. The Morgan fingerprint density at radius 2 is 1.50 bits per heavy atom. The predicted molar refractivity (Wildman–Crippen MR) is 90.8 cm³/mol. The SMILES string of the molecule is CS(=O)(=O)OCOC(=O)c1cccnc1.O=C(OCCl)c1cccnc1. The molecular formula is C15H15ClN2O7S. The Morgan fingerprint density at radius 3 is 1.88 bits per heavy atom. The zero-order valence-electron chi connectivity index (χ0n) is 13.6. The van der Waals surface area contributed by atoms with E-state index in [9.17, 15) is 18.0 Å². The highest BCUT2D eigenvalue weighted by Crippen LogP contribution is 2.00. The molecule has 0 aliphatic heterocycles. The molecule has 0 N–H and O–H groups in total. The maximum Gasteiger partial charge on any atom is 0.341 e. The second-order valence-electron chi connectivity index (χ2n) is 4.40. The third-order valence-corrected chi connectivity index (χ3v) is 3.07. The van der Waals surface area contributed by atoms with E-state index >= 15 is 0 Å². The fourth-order valence-corrected chi connectivity index (χ4v) is 1.67. The van der Waals surface area contributed by atoms with E-state index < -0.39 is 28.8 Å². The molecule has 0 saturated carbocycles. The third-order valence-electron chi connectivity index (χ3n) is 2.43. The van der Waals surface area contributed by atoms with Crippen molar-refractivity contribution in [3.05, 3.63) is 60.2 Å². The van der Waals surface area contributed by atoms with Crippen LogP contribution in [0.3, 0.4) is 0 Å². The molecule has 2 heterocycles. The Labute approximate surface area is 155 Å². The minimum Gasteiger partial charge on any atom is -0.446 e. The normalized spacial score (nSPS) is 10.2. The lowest BCUT2D eigenvalue weighted by Crippen LogP contribution is -2.12. The molecule has 0 aliphatic carbocycles. The summed E-state index contributed by atoms with van der Waals surface area (Å²) >= 11 is 5.18. The van der Waals surface area contributed by atoms with Gasteiger partial charge >= 0.3 is 11.9 Å². The summed E-state index contributed by atoms with van der Waals surface area (Å²) in [5, 5.41) is 0. The lowest BCUT2D eigenvalue weighted by atomic mass is 10.3. The fraction of sp³-hybridized carbons (Fsp3) is 0.200. The topological polar surface area (TPSA) is 122 Å². The van der Waals surface area contributed by atoms with E-state index in [1.165, 1.54) is 24.7 Å².